The first kappa shape index (κ1) is 80.6. The highest BCUT2D eigenvalue weighted by atomic mass is 16.6. The van der Waals surface area contributed by atoms with Crippen molar-refractivity contribution in [3.63, 3.8) is 0 Å². The van der Waals surface area contributed by atoms with E-state index in [1.54, 1.807) is 0 Å². The summed E-state index contributed by atoms with van der Waals surface area (Å²) in [5.74, 6) is -0.861. The fourth-order valence-corrected chi connectivity index (χ4v) is 11.5. The molecule has 488 valence electrons. The van der Waals surface area contributed by atoms with Gasteiger partial charge in [-0.05, 0) is 70.6 Å². The average molecular weight is 1170 g/mol. The van der Waals surface area contributed by atoms with E-state index >= 15 is 0 Å². The van der Waals surface area contributed by atoms with Gasteiger partial charge in [0.1, 0.15) is 13.2 Å². The van der Waals surface area contributed by atoms with Gasteiger partial charge in [0.2, 0.25) is 0 Å². The van der Waals surface area contributed by atoms with Gasteiger partial charge < -0.3 is 14.2 Å². The van der Waals surface area contributed by atoms with Crippen LogP contribution in [-0.4, -0.2) is 37.2 Å². The number of rotatable bonds is 70. The Hall–Kier alpha value is -2.37. The molecule has 0 saturated carbocycles. The second kappa shape index (κ2) is 72.1. The molecule has 0 heterocycles. The molecule has 0 bridgehead atoms. The first-order valence-electron chi connectivity index (χ1n) is 37.5. The molecule has 1 atom stereocenters. The molecule has 0 aliphatic rings. The molecule has 0 saturated heterocycles. The standard InChI is InChI=1S/C77H144O6/c1-4-7-10-13-16-19-22-25-28-30-32-33-34-35-36-37-38-39-40-41-42-43-44-46-47-49-52-55-58-61-64-67-70-76(79)82-73-74(72-81-75(78)69-66-63-60-57-54-51-27-24-21-18-15-12-9-6-3)83-77(80)71-68-65-62-59-56-53-50-48-45-31-29-26-23-20-17-14-11-8-5-2/h15,18,24,26-27,29,74H,4-14,16-17,19-23,25,28,30-73H2,1-3H3/b18-15-,27-24-,29-26-. The van der Waals surface area contributed by atoms with Gasteiger partial charge >= 0.3 is 17.9 Å². The molecule has 0 aliphatic carbocycles. The summed E-state index contributed by atoms with van der Waals surface area (Å²) in [7, 11) is 0. The summed E-state index contributed by atoms with van der Waals surface area (Å²) >= 11 is 0. The van der Waals surface area contributed by atoms with Gasteiger partial charge in [0.05, 0.1) is 0 Å². The Bertz CT molecular complexity index is 1380. The summed E-state index contributed by atoms with van der Waals surface area (Å²) in [4.78, 5) is 38.4. The highest BCUT2D eigenvalue weighted by Gasteiger charge is 2.20. The Morgan fingerprint density at radius 3 is 0.711 bits per heavy atom. The molecule has 0 aromatic rings. The Morgan fingerprint density at radius 1 is 0.241 bits per heavy atom. The van der Waals surface area contributed by atoms with Gasteiger partial charge in [-0.1, -0.05) is 365 Å². The lowest BCUT2D eigenvalue weighted by Gasteiger charge is -2.18. The second-order valence-corrected chi connectivity index (χ2v) is 25.6. The van der Waals surface area contributed by atoms with E-state index in [2.05, 4.69) is 57.2 Å². The smallest absolute Gasteiger partial charge is 0.306 e. The van der Waals surface area contributed by atoms with E-state index in [0.717, 1.165) is 77.0 Å². The van der Waals surface area contributed by atoms with Crippen LogP contribution in [0.2, 0.25) is 0 Å². The van der Waals surface area contributed by atoms with Crippen molar-refractivity contribution in [2.75, 3.05) is 13.2 Å². The minimum absolute atomic E-state index is 0.0729. The number of hydrogen-bond acceptors (Lipinski definition) is 6. The van der Waals surface area contributed by atoms with Crippen LogP contribution in [0, 0.1) is 0 Å². The van der Waals surface area contributed by atoms with E-state index in [1.165, 1.54) is 302 Å². The Balaban J connectivity index is 4.14. The Morgan fingerprint density at radius 2 is 0.446 bits per heavy atom. The summed E-state index contributed by atoms with van der Waals surface area (Å²) in [6.07, 6.45) is 90.6. The number of ether oxygens (including phenoxy) is 3. The zero-order valence-electron chi connectivity index (χ0n) is 56.2. The number of hydrogen-bond donors (Lipinski definition) is 0. The highest BCUT2D eigenvalue weighted by molar-refractivity contribution is 5.71. The van der Waals surface area contributed by atoms with Crippen molar-refractivity contribution in [1.82, 2.24) is 0 Å². The largest absolute Gasteiger partial charge is 0.462 e. The topological polar surface area (TPSA) is 78.9 Å². The maximum absolute atomic E-state index is 13.0. The van der Waals surface area contributed by atoms with E-state index in [4.69, 9.17) is 14.2 Å². The molecule has 6 nitrogen and oxygen atoms in total. The minimum atomic E-state index is -0.778. The van der Waals surface area contributed by atoms with Crippen molar-refractivity contribution in [1.29, 1.82) is 0 Å². The van der Waals surface area contributed by atoms with Crippen LogP contribution in [0.3, 0.4) is 0 Å². The van der Waals surface area contributed by atoms with Gasteiger partial charge in [0.15, 0.2) is 6.10 Å². The lowest BCUT2D eigenvalue weighted by atomic mass is 10.0. The van der Waals surface area contributed by atoms with Crippen LogP contribution >= 0.6 is 0 Å². The molecule has 0 rings (SSSR count). The maximum Gasteiger partial charge on any atom is 0.306 e. The monoisotopic (exact) mass is 1170 g/mol. The van der Waals surface area contributed by atoms with E-state index in [9.17, 15) is 14.4 Å². The quantitative estimate of drug-likeness (QED) is 0.0261. The molecule has 0 aromatic carbocycles. The van der Waals surface area contributed by atoms with E-state index in [-0.39, 0.29) is 31.1 Å². The van der Waals surface area contributed by atoms with Crippen molar-refractivity contribution in [3.8, 4) is 0 Å². The molecule has 0 fully saturated rings. The van der Waals surface area contributed by atoms with E-state index < -0.39 is 6.10 Å². The summed E-state index contributed by atoms with van der Waals surface area (Å²) in [5, 5.41) is 0. The third kappa shape index (κ3) is 70.3. The lowest BCUT2D eigenvalue weighted by molar-refractivity contribution is -0.167. The maximum atomic E-state index is 13.0. The predicted molar refractivity (Wildman–Crippen MR) is 362 cm³/mol. The Kier molecular flexibility index (Phi) is 70.0. The highest BCUT2D eigenvalue weighted by Crippen LogP contribution is 2.19. The summed E-state index contributed by atoms with van der Waals surface area (Å²) in [6, 6.07) is 0. The van der Waals surface area contributed by atoms with Crippen LogP contribution in [0.15, 0.2) is 36.5 Å². The SMILES string of the molecule is CCCC/C=C\C/C=C\CCCCCCCC(=O)OCC(COC(=O)CCCCCCCCCCCCCCCCCCCCCCCCCCCCCCCCCC)OC(=O)CCCCCCCCCCC/C=C\CCCCCCCC. The van der Waals surface area contributed by atoms with Gasteiger partial charge in [-0.2, -0.15) is 0 Å². The molecule has 0 N–H and O–H groups in total. The van der Waals surface area contributed by atoms with Crippen molar-refractivity contribution in [3.05, 3.63) is 36.5 Å². The molecule has 1 unspecified atom stereocenters. The first-order valence-corrected chi connectivity index (χ1v) is 37.5. The van der Waals surface area contributed by atoms with Crippen LogP contribution in [-0.2, 0) is 28.6 Å². The zero-order chi connectivity index (χ0) is 59.9. The van der Waals surface area contributed by atoms with E-state index in [0.29, 0.717) is 19.3 Å². The first-order chi connectivity index (χ1) is 41.0. The van der Waals surface area contributed by atoms with Crippen LogP contribution in [0.1, 0.15) is 419 Å². The summed E-state index contributed by atoms with van der Waals surface area (Å²) in [5.41, 5.74) is 0. The van der Waals surface area contributed by atoms with Crippen molar-refractivity contribution in [2.24, 2.45) is 0 Å². The number of carbonyl (C=O) groups is 3. The minimum Gasteiger partial charge on any atom is -0.462 e. The van der Waals surface area contributed by atoms with Gasteiger partial charge in [-0.15, -0.1) is 0 Å². The van der Waals surface area contributed by atoms with Crippen LogP contribution in [0.5, 0.6) is 0 Å². The van der Waals surface area contributed by atoms with Crippen molar-refractivity contribution >= 4 is 17.9 Å². The third-order valence-electron chi connectivity index (χ3n) is 17.1. The number of esters is 3. The molecule has 0 aromatic heterocycles. The Labute approximate surface area is 518 Å². The average Bonchev–Trinajstić information content (AvgIpc) is 3.49. The summed E-state index contributed by atoms with van der Waals surface area (Å²) < 4.78 is 17.0. The molecule has 6 heteroatoms. The second-order valence-electron chi connectivity index (χ2n) is 25.6. The molecule has 0 spiro atoms. The number of carbonyl (C=O) groups excluding carboxylic acids is 3. The number of allylic oxidation sites excluding steroid dienone is 6. The summed E-state index contributed by atoms with van der Waals surface area (Å²) in [6.45, 7) is 6.66. The van der Waals surface area contributed by atoms with Gasteiger partial charge in [-0.25, -0.2) is 0 Å². The van der Waals surface area contributed by atoms with Crippen LogP contribution in [0.25, 0.3) is 0 Å². The van der Waals surface area contributed by atoms with E-state index in [1.807, 2.05) is 0 Å². The zero-order valence-corrected chi connectivity index (χ0v) is 56.2. The van der Waals surface area contributed by atoms with Crippen LogP contribution < -0.4 is 0 Å². The van der Waals surface area contributed by atoms with Crippen molar-refractivity contribution < 1.29 is 28.6 Å². The van der Waals surface area contributed by atoms with Gasteiger partial charge in [0.25, 0.3) is 0 Å². The third-order valence-corrected chi connectivity index (χ3v) is 17.1. The fraction of sp³-hybridized carbons (Fsp3) is 0.883. The molecule has 0 amide bonds. The molecular weight excluding hydrogens is 1020 g/mol. The van der Waals surface area contributed by atoms with Crippen LogP contribution in [0.4, 0.5) is 0 Å². The predicted octanol–water partition coefficient (Wildman–Crippen LogP) is 25.9. The van der Waals surface area contributed by atoms with Crippen molar-refractivity contribution in [2.45, 2.75) is 425 Å². The molecular formula is C77H144O6. The van der Waals surface area contributed by atoms with Gasteiger partial charge in [0, 0.05) is 19.3 Å². The molecule has 0 aliphatic heterocycles. The van der Waals surface area contributed by atoms with Gasteiger partial charge in [-0.3, -0.25) is 14.4 Å². The molecule has 0 radical (unpaired) electrons. The molecule has 83 heavy (non-hydrogen) atoms. The fourth-order valence-electron chi connectivity index (χ4n) is 11.5. The lowest BCUT2D eigenvalue weighted by Crippen LogP contribution is -2.30. The number of unbranched alkanes of at least 4 members (excludes halogenated alkanes) is 53. The normalized spacial score (nSPS) is 12.2.